The summed E-state index contributed by atoms with van der Waals surface area (Å²) in [5, 5.41) is 4.39. The van der Waals surface area contributed by atoms with E-state index in [2.05, 4.69) is 12.2 Å². The Morgan fingerprint density at radius 3 is 3.05 bits per heavy atom. The zero-order chi connectivity index (χ0) is 14.7. The van der Waals surface area contributed by atoms with Gasteiger partial charge in [0.1, 0.15) is 17.2 Å². The number of hydrogen-bond donors (Lipinski definition) is 1. The van der Waals surface area contributed by atoms with Crippen LogP contribution in [-0.4, -0.2) is 19.8 Å². The van der Waals surface area contributed by atoms with Crippen LogP contribution in [0, 0.1) is 11.7 Å². The molecule has 0 amide bonds. The largest absolute Gasteiger partial charge is 0.459 e. The number of fused-ring (bicyclic) bond motifs is 1. The number of benzene rings is 1. The van der Waals surface area contributed by atoms with Gasteiger partial charge in [0.15, 0.2) is 0 Å². The number of halogens is 1. The van der Waals surface area contributed by atoms with E-state index < -0.39 is 0 Å². The molecule has 0 aliphatic carbocycles. The number of ether oxygens (including phenoxy) is 1. The van der Waals surface area contributed by atoms with Crippen molar-refractivity contribution in [2.24, 2.45) is 5.92 Å². The van der Waals surface area contributed by atoms with Gasteiger partial charge >= 0.3 is 0 Å². The zero-order valence-corrected chi connectivity index (χ0v) is 12.4. The molecule has 3 nitrogen and oxygen atoms in total. The number of nitrogens with one attached hydrogen (secondary N) is 1. The van der Waals surface area contributed by atoms with E-state index in [1.165, 1.54) is 12.1 Å². The molecule has 4 heteroatoms. The molecule has 21 heavy (non-hydrogen) atoms. The Kier molecular flexibility index (Phi) is 4.56. The van der Waals surface area contributed by atoms with Crippen LogP contribution in [0.1, 0.15) is 38.0 Å². The average Bonchev–Trinajstić information content (AvgIpc) is 2.91. The van der Waals surface area contributed by atoms with Gasteiger partial charge < -0.3 is 14.5 Å². The summed E-state index contributed by atoms with van der Waals surface area (Å²) < 4.78 is 24.9. The summed E-state index contributed by atoms with van der Waals surface area (Å²) in [6.45, 7) is 4.69. The second-order valence-electron chi connectivity index (χ2n) is 5.74. The fourth-order valence-electron chi connectivity index (χ4n) is 3.02. The van der Waals surface area contributed by atoms with Gasteiger partial charge in [-0.2, -0.15) is 0 Å². The van der Waals surface area contributed by atoms with Gasteiger partial charge in [0.05, 0.1) is 12.6 Å². The molecule has 2 heterocycles. The fourth-order valence-corrected chi connectivity index (χ4v) is 3.02. The molecular weight excluding hydrogens is 269 g/mol. The highest BCUT2D eigenvalue weighted by Crippen LogP contribution is 2.32. The molecule has 2 atom stereocenters. The molecule has 0 bridgehead atoms. The topological polar surface area (TPSA) is 34.4 Å². The van der Waals surface area contributed by atoms with Crippen LogP contribution in [0.4, 0.5) is 4.39 Å². The van der Waals surface area contributed by atoms with Gasteiger partial charge in [-0.15, -0.1) is 0 Å². The van der Waals surface area contributed by atoms with Gasteiger partial charge in [0.2, 0.25) is 0 Å². The fraction of sp³-hybridized carbons (Fsp3) is 0.529. The molecule has 2 aromatic rings. The van der Waals surface area contributed by atoms with Crippen molar-refractivity contribution in [1.29, 1.82) is 0 Å². The Labute approximate surface area is 124 Å². The third kappa shape index (κ3) is 3.27. The Bertz CT molecular complexity index is 589. The Morgan fingerprint density at radius 1 is 1.38 bits per heavy atom. The highest BCUT2D eigenvalue weighted by Gasteiger charge is 2.27. The van der Waals surface area contributed by atoms with Crippen LogP contribution in [0.15, 0.2) is 28.7 Å². The van der Waals surface area contributed by atoms with Crippen LogP contribution < -0.4 is 5.32 Å². The van der Waals surface area contributed by atoms with Crippen molar-refractivity contribution in [2.75, 3.05) is 19.8 Å². The highest BCUT2D eigenvalue weighted by molar-refractivity contribution is 5.78. The molecule has 1 aliphatic heterocycles. The van der Waals surface area contributed by atoms with Crippen molar-refractivity contribution >= 4 is 11.0 Å². The summed E-state index contributed by atoms with van der Waals surface area (Å²) in [5.74, 6) is 1.07. The van der Waals surface area contributed by atoms with Crippen LogP contribution in [-0.2, 0) is 4.74 Å². The van der Waals surface area contributed by atoms with Gasteiger partial charge in [0, 0.05) is 17.9 Å². The normalized spacial score (nSPS) is 20.8. The maximum atomic E-state index is 13.3. The molecule has 114 valence electrons. The van der Waals surface area contributed by atoms with E-state index in [-0.39, 0.29) is 11.9 Å². The lowest BCUT2D eigenvalue weighted by Gasteiger charge is -2.29. The van der Waals surface area contributed by atoms with Crippen molar-refractivity contribution in [3.8, 4) is 0 Å². The number of rotatable bonds is 5. The summed E-state index contributed by atoms with van der Waals surface area (Å²) >= 11 is 0. The lowest BCUT2D eigenvalue weighted by atomic mass is 9.92. The van der Waals surface area contributed by atoms with Crippen molar-refractivity contribution < 1.29 is 13.5 Å². The first-order valence-corrected chi connectivity index (χ1v) is 7.78. The smallest absolute Gasteiger partial charge is 0.134 e. The Morgan fingerprint density at radius 2 is 2.29 bits per heavy atom. The highest BCUT2D eigenvalue weighted by atomic mass is 19.1. The van der Waals surface area contributed by atoms with Gasteiger partial charge in [-0.25, -0.2) is 4.39 Å². The zero-order valence-electron chi connectivity index (χ0n) is 12.4. The average molecular weight is 291 g/mol. The summed E-state index contributed by atoms with van der Waals surface area (Å²) in [5.41, 5.74) is 0.742. The number of hydrogen-bond acceptors (Lipinski definition) is 3. The van der Waals surface area contributed by atoms with Gasteiger partial charge in [-0.3, -0.25) is 0 Å². The molecule has 1 saturated heterocycles. The minimum Gasteiger partial charge on any atom is -0.459 e. The second-order valence-corrected chi connectivity index (χ2v) is 5.74. The lowest BCUT2D eigenvalue weighted by Crippen LogP contribution is -2.33. The van der Waals surface area contributed by atoms with Crippen LogP contribution >= 0.6 is 0 Å². The molecule has 0 spiro atoms. The minimum atomic E-state index is -0.228. The van der Waals surface area contributed by atoms with Crippen LogP contribution in [0.3, 0.4) is 0 Å². The molecule has 1 aromatic heterocycles. The molecule has 2 unspecified atom stereocenters. The predicted octanol–water partition coefficient (Wildman–Crippen LogP) is 4.04. The lowest BCUT2D eigenvalue weighted by molar-refractivity contribution is 0.0358. The van der Waals surface area contributed by atoms with Crippen molar-refractivity contribution in [3.05, 3.63) is 35.8 Å². The maximum absolute atomic E-state index is 13.3. The standard InChI is InChI=1S/C17H22FNO2/c1-2-7-19-17(12-4-3-8-20-11-12)16-10-13-9-14(18)5-6-15(13)21-16/h5-6,9-10,12,17,19H,2-4,7-8,11H2,1H3. The summed E-state index contributed by atoms with van der Waals surface area (Å²) in [7, 11) is 0. The predicted molar refractivity (Wildman–Crippen MR) is 80.7 cm³/mol. The van der Waals surface area contributed by atoms with Crippen LogP contribution in [0.5, 0.6) is 0 Å². The third-order valence-corrected chi connectivity index (χ3v) is 4.09. The second kappa shape index (κ2) is 6.58. The molecule has 1 aromatic carbocycles. The first-order chi connectivity index (χ1) is 10.3. The van der Waals surface area contributed by atoms with E-state index in [0.717, 1.165) is 55.8 Å². The third-order valence-electron chi connectivity index (χ3n) is 4.09. The van der Waals surface area contributed by atoms with Crippen LogP contribution in [0.25, 0.3) is 11.0 Å². The summed E-state index contributed by atoms with van der Waals surface area (Å²) in [6, 6.07) is 6.76. The van der Waals surface area contributed by atoms with Crippen LogP contribution in [0.2, 0.25) is 0 Å². The van der Waals surface area contributed by atoms with E-state index in [1.54, 1.807) is 6.07 Å². The maximum Gasteiger partial charge on any atom is 0.134 e. The summed E-state index contributed by atoms with van der Waals surface area (Å²) in [4.78, 5) is 0. The van der Waals surface area contributed by atoms with Crippen molar-refractivity contribution in [3.63, 3.8) is 0 Å². The molecular formula is C17H22FNO2. The van der Waals surface area contributed by atoms with Gasteiger partial charge in [-0.1, -0.05) is 6.92 Å². The minimum absolute atomic E-state index is 0.140. The van der Waals surface area contributed by atoms with Gasteiger partial charge in [0.25, 0.3) is 0 Å². The first kappa shape index (κ1) is 14.5. The molecule has 0 radical (unpaired) electrons. The van der Waals surface area contributed by atoms with E-state index >= 15 is 0 Å². The quantitative estimate of drug-likeness (QED) is 0.903. The molecule has 3 rings (SSSR count). The van der Waals surface area contributed by atoms with Crippen molar-refractivity contribution in [2.45, 2.75) is 32.2 Å². The molecule has 0 saturated carbocycles. The Hall–Kier alpha value is -1.39. The molecule has 1 fully saturated rings. The van der Waals surface area contributed by atoms with E-state index in [0.29, 0.717) is 5.92 Å². The summed E-state index contributed by atoms with van der Waals surface area (Å²) in [6.07, 6.45) is 3.29. The number of furan rings is 1. The first-order valence-electron chi connectivity index (χ1n) is 7.78. The van der Waals surface area contributed by atoms with Crippen molar-refractivity contribution in [1.82, 2.24) is 5.32 Å². The monoisotopic (exact) mass is 291 g/mol. The van der Waals surface area contributed by atoms with E-state index in [4.69, 9.17) is 9.15 Å². The SMILES string of the molecule is CCCNC(c1cc2cc(F)ccc2o1)C1CCCOC1. The van der Waals surface area contributed by atoms with Gasteiger partial charge in [-0.05, 0) is 50.1 Å². The Balaban J connectivity index is 1.88. The van der Waals surface area contributed by atoms with E-state index in [9.17, 15) is 4.39 Å². The molecule has 1 N–H and O–H groups in total. The van der Waals surface area contributed by atoms with E-state index in [1.807, 2.05) is 6.07 Å². The molecule has 1 aliphatic rings.